The number of phenolic OH excluding ortho intramolecular Hbond substituents is 1. The van der Waals surface area contributed by atoms with E-state index < -0.39 is 16.1 Å². The Morgan fingerprint density at radius 2 is 1.61 bits per heavy atom. The fourth-order valence-corrected chi connectivity index (χ4v) is 5.05. The second-order valence-corrected chi connectivity index (χ2v) is 11.1. The Bertz CT molecular complexity index is 1270. The summed E-state index contributed by atoms with van der Waals surface area (Å²) in [5.41, 5.74) is 2.83. The maximum atomic E-state index is 11.6. The van der Waals surface area contributed by atoms with Gasteiger partial charge in [0.1, 0.15) is 5.75 Å². The van der Waals surface area contributed by atoms with E-state index in [1.54, 1.807) is 20.3 Å². The molecule has 0 aliphatic rings. The van der Waals surface area contributed by atoms with E-state index in [0.717, 1.165) is 21.9 Å². The highest BCUT2D eigenvalue weighted by atomic mass is 79.9. The summed E-state index contributed by atoms with van der Waals surface area (Å²) in [4.78, 5) is 0. The first-order chi connectivity index (χ1) is 17.1. The summed E-state index contributed by atoms with van der Waals surface area (Å²) in [6.07, 6.45) is 1.18. The number of ether oxygens (including phenoxy) is 2. The minimum Gasteiger partial charge on any atom is -0.506 e. The van der Waals surface area contributed by atoms with Gasteiger partial charge in [-0.15, -0.1) is 0 Å². The van der Waals surface area contributed by atoms with Gasteiger partial charge in [0.2, 0.25) is 10.0 Å². The second kappa shape index (κ2) is 12.4. The van der Waals surface area contributed by atoms with Crippen molar-refractivity contribution in [1.29, 1.82) is 0 Å². The van der Waals surface area contributed by atoms with Gasteiger partial charge in [-0.2, -0.15) is 0 Å². The number of aromatic hydroxyl groups is 1. The Labute approximate surface area is 220 Å². The zero-order chi connectivity index (χ0) is 26.3. The molecule has 194 valence electrons. The molecule has 0 amide bonds. The number of halogens is 1. The van der Waals surface area contributed by atoms with Crippen molar-refractivity contribution in [3.63, 3.8) is 0 Å². The molecule has 0 fully saturated rings. The standard InChI is InChI=1S/C26H31BrN2O6S/c1-34-25-14-20(21(27)15-26(25)35-2)22(12-17-7-5-4-6-8-17)28-16-19(30)11-18-9-10-24(31)23(13-18)29-36(3,32)33/h4-10,13-15,19,22,28-31H,11-12,16H2,1-3H3/t19-,22?/m0/s1. The Hall–Kier alpha value is -2.79. The van der Waals surface area contributed by atoms with Gasteiger partial charge in [0.15, 0.2) is 11.5 Å². The highest BCUT2D eigenvalue weighted by Crippen LogP contribution is 2.37. The molecule has 0 saturated heterocycles. The molecule has 0 aromatic heterocycles. The number of benzene rings is 3. The number of aliphatic hydroxyl groups excluding tert-OH is 1. The lowest BCUT2D eigenvalue weighted by Gasteiger charge is -2.24. The topological polar surface area (TPSA) is 117 Å². The number of hydrogen-bond donors (Lipinski definition) is 4. The van der Waals surface area contributed by atoms with Crippen LogP contribution in [0.5, 0.6) is 17.2 Å². The summed E-state index contributed by atoms with van der Waals surface area (Å²) in [7, 11) is -0.380. The second-order valence-electron chi connectivity index (χ2n) is 8.46. The molecule has 0 saturated carbocycles. The van der Waals surface area contributed by atoms with Crippen molar-refractivity contribution in [3.05, 3.63) is 81.8 Å². The van der Waals surface area contributed by atoms with Crippen molar-refractivity contribution < 1.29 is 28.1 Å². The van der Waals surface area contributed by atoms with E-state index in [9.17, 15) is 18.6 Å². The van der Waals surface area contributed by atoms with E-state index in [1.807, 2.05) is 42.5 Å². The zero-order valence-corrected chi connectivity index (χ0v) is 22.8. The van der Waals surface area contributed by atoms with E-state index >= 15 is 0 Å². The molecule has 1 unspecified atom stereocenters. The molecule has 0 aliphatic carbocycles. The van der Waals surface area contributed by atoms with Gasteiger partial charge in [0, 0.05) is 17.1 Å². The molecule has 0 heterocycles. The molecule has 10 heteroatoms. The first-order valence-electron chi connectivity index (χ1n) is 11.3. The van der Waals surface area contributed by atoms with Gasteiger partial charge in [-0.05, 0) is 53.8 Å². The normalized spacial score (nSPS) is 13.1. The Morgan fingerprint density at radius 3 is 2.25 bits per heavy atom. The van der Waals surface area contributed by atoms with E-state index in [-0.39, 0.29) is 30.4 Å². The molecule has 3 aromatic rings. The molecule has 0 radical (unpaired) electrons. The molecule has 0 bridgehead atoms. The van der Waals surface area contributed by atoms with Crippen LogP contribution in [0.4, 0.5) is 5.69 Å². The number of methoxy groups -OCH3 is 2. The third kappa shape index (κ3) is 7.86. The van der Waals surface area contributed by atoms with E-state index in [1.165, 1.54) is 12.1 Å². The number of phenols is 1. The molecule has 2 atom stereocenters. The third-order valence-electron chi connectivity index (χ3n) is 5.59. The lowest BCUT2D eigenvalue weighted by atomic mass is 9.97. The third-order valence-corrected chi connectivity index (χ3v) is 6.87. The van der Waals surface area contributed by atoms with Crippen LogP contribution < -0.4 is 19.5 Å². The molecule has 3 aromatic carbocycles. The Kier molecular flexibility index (Phi) is 9.61. The van der Waals surface area contributed by atoms with Gasteiger partial charge >= 0.3 is 0 Å². The molecular weight excluding hydrogens is 548 g/mol. The smallest absolute Gasteiger partial charge is 0.229 e. The van der Waals surface area contributed by atoms with Gasteiger partial charge in [-0.25, -0.2) is 8.42 Å². The van der Waals surface area contributed by atoms with Gasteiger partial charge in [-0.1, -0.05) is 52.3 Å². The highest BCUT2D eigenvalue weighted by Gasteiger charge is 2.20. The molecule has 8 nitrogen and oxygen atoms in total. The van der Waals surface area contributed by atoms with Crippen molar-refractivity contribution >= 4 is 31.6 Å². The lowest BCUT2D eigenvalue weighted by molar-refractivity contribution is 0.167. The largest absolute Gasteiger partial charge is 0.506 e. The van der Waals surface area contributed by atoms with Gasteiger partial charge < -0.3 is 25.0 Å². The molecule has 3 rings (SSSR count). The summed E-state index contributed by atoms with van der Waals surface area (Å²) < 4.78 is 37.2. The summed E-state index contributed by atoms with van der Waals surface area (Å²) in [5, 5.41) is 24.2. The Morgan fingerprint density at radius 1 is 0.944 bits per heavy atom. The highest BCUT2D eigenvalue weighted by molar-refractivity contribution is 9.10. The fourth-order valence-electron chi connectivity index (χ4n) is 3.89. The number of nitrogens with one attached hydrogen (secondary N) is 2. The Balaban J connectivity index is 1.79. The van der Waals surface area contributed by atoms with Crippen LogP contribution in [0.2, 0.25) is 0 Å². The van der Waals surface area contributed by atoms with Gasteiger partial charge in [-0.3, -0.25) is 4.72 Å². The van der Waals surface area contributed by atoms with Crippen molar-refractivity contribution in [3.8, 4) is 17.2 Å². The average molecular weight is 580 g/mol. The van der Waals surface area contributed by atoms with Crippen molar-refractivity contribution in [1.82, 2.24) is 5.32 Å². The summed E-state index contributed by atoms with van der Waals surface area (Å²) >= 11 is 3.65. The van der Waals surface area contributed by atoms with Gasteiger partial charge in [0.25, 0.3) is 0 Å². The van der Waals surface area contributed by atoms with Crippen LogP contribution >= 0.6 is 15.9 Å². The fraction of sp³-hybridized carbons (Fsp3) is 0.308. The van der Waals surface area contributed by atoms with Crippen molar-refractivity contribution in [2.75, 3.05) is 31.7 Å². The number of anilines is 1. The summed E-state index contributed by atoms with van der Waals surface area (Å²) in [6, 6.07) is 18.2. The minimum atomic E-state index is -3.55. The minimum absolute atomic E-state index is 0.0753. The van der Waals surface area contributed by atoms with Crippen molar-refractivity contribution in [2.24, 2.45) is 0 Å². The van der Waals surface area contributed by atoms with E-state index in [0.29, 0.717) is 23.5 Å². The van der Waals surface area contributed by atoms with Crippen LogP contribution in [0, 0.1) is 0 Å². The van der Waals surface area contributed by atoms with Crippen molar-refractivity contribution in [2.45, 2.75) is 25.0 Å². The maximum absolute atomic E-state index is 11.6. The maximum Gasteiger partial charge on any atom is 0.229 e. The predicted octanol–water partition coefficient (Wildman–Crippen LogP) is 4.02. The van der Waals surface area contributed by atoms with E-state index in [2.05, 4.69) is 26.0 Å². The van der Waals surface area contributed by atoms with Crippen LogP contribution in [-0.2, 0) is 22.9 Å². The lowest BCUT2D eigenvalue weighted by Crippen LogP contribution is -2.33. The average Bonchev–Trinajstić information content (AvgIpc) is 2.83. The van der Waals surface area contributed by atoms with Gasteiger partial charge in [0.05, 0.1) is 32.3 Å². The first kappa shape index (κ1) is 27.8. The first-order valence-corrected chi connectivity index (χ1v) is 13.9. The number of sulfonamides is 1. The van der Waals surface area contributed by atoms with Crippen LogP contribution in [0.15, 0.2) is 65.1 Å². The monoisotopic (exact) mass is 578 g/mol. The SMILES string of the molecule is COc1cc(Br)c(C(Cc2ccccc2)NC[C@@H](O)Cc2ccc(O)c(NS(C)(=O)=O)c2)cc1OC. The van der Waals surface area contributed by atoms with E-state index in [4.69, 9.17) is 9.47 Å². The molecule has 0 aliphatic heterocycles. The number of rotatable bonds is 12. The zero-order valence-electron chi connectivity index (χ0n) is 20.4. The number of hydrogen-bond acceptors (Lipinski definition) is 7. The molecule has 0 spiro atoms. The van der Waals surface area contributed by atoms with Crippen LogP contribution in [0.3, 0.4) is 0 Å². The molecule has 4 N–H and O–H groups in total. The predicted molar refractivity (Wildman–Crippen MR) is 144 cm³/mol. The molecular formula is C26H31BrN2O6S. The summed E-state index contributed by atoms with van der Waals surface area (Å²) in [6.45, 7) is 0.272. The van der Waals surface area contributed by atoms with Crippen LogP contribution in [0.25, 0.3) is 0 Å². The van der Waals surface area contributed by atoms with Crippen LogP contribution in [-0.4, -0.2) is 51.8 Å². The van der Waals surface area contributed by atoms with Crippen LogP contribution in [0.1, 0.15) is 22.7 Å². The quantitative estimate of drug-likeness (QED) is 0.240. The molecule has 36 heavy (non-hydrogen) atoms. The number of aliphatic hydroxyl groups is 1. The summed E-state index contributed by atoms with van der Waals surface area (Å²) in [5.74, 6) is 1.03.